The van der Waals surface area contributed by atoms with Crippen LogP contribution in [0, 0.1) is 0 Å². The number of hydrogen-bond donors (Lipinski definition) is 1. The maximum Gasteiger partial charge on any atom is 0.119 e. The largest absolute Gasteiger partial charge is 0.493 e. The van der Waals surface area contributed by atoms with Crippen LogP contribution in [0.5, 0.6) is 5.75 Å². The van der Waals surface area contributed by atoms with Crippen molar-refractivity contribution in [2.75, 3.05) is 19.8 Å². The first-order chi connectivity index (χ1) is 6.86. The average Bonchev–Trinajstić information content (AvgIpc) is 2.19. The van der Waals surface area contributed by atoms with Crippen molar-refractivity contribution in [2.24, 2.45) is 5.73 Å². The fourth-order valence-electron chi connectivity index (χ4n) is 1.20. The Morgan fingerprint density at radius 3 is 2.93 bits per heavy atom. The molecule has 0 spiro atoms. The molecular formula is C11H16FNO. The Morgan fingerprint density at radius 1 is 1.36 bits per heavy atom. The van der Waals surface area contributed by atoms with Crippen LogP contribution in [-0.2, 0) is 6.42 Å². The first-order valence-corrected chi connectivity index (χ1v) is 4.84. The second kappa shape index (κ2) is 6.38. The van der Waals surface area contributed by atoms with Crippen molar-refractivity contribution in [3.63, 3.8) is 0 Å². The van der Waals surface area contributed by atoms with Crippen molar-refractivity contribution in [3.8, 4) is 5.75 Å². The van der Waals surface area contributed by atoms with Gasteiger partial charge in [-0.25, -0.2) is 0 Å². The zero-order chi connectivity index (χ0) is 10.2. The summed E-state index contributed by atoms with van der Waals surface area (Å²) >= 11 is 0. The van der Waals surface area contributed by atoms with Gasteiger partial charge in [0.25, 0.3) is 0 Å². The van der Waals surface area contributed by atoms with Gasteiger partial charge in [-0.3, -0.25) is 4.39 Å². The van der Waals surface area contributed by atoms with Gasteiger partial charge in [0.1, 0.15) is 5.75 Å². The van der Waals surface area contributed by atoms with Gasteiger partial charge >= 0.3 is 0 Å². The second-order valence-corrected chi connectivity index (χ2v) is 3.08. The summed E-state index contributed by atoms with van der Waals surface area (Å²) in [5.41, 5.74) is 6.60. The molecule has 3 heteroatoms. The van der Waals surface area contributed by atoms with Crippen molar-refractivity contribution in [1.29, 1.82) is 0 Å². The van der Waals surface area contributed by atoms with E-state index < -0.39 is 0 Å². The highest BCUT2D eigenvalue weighted by molar-refractivity contribution is 5.28. The fourth-order valence-corrected chi connectivity index (χ4v) is 1.20. The minimum atomic E-state index is -0.331. The van der Waals surface area contributed by atoms with Gasteiger partial charge in [0.15, 0.2) is 0 Å². The molecule has 0 saturated carbocycles. The van der Waals surface area contributed by atoms with Gasteiger partial charge in [0.2, 0.25) is 0 Å². The first-order valence-electron chi connectivity index (χ1n) is 4.84. The summed E-state index contributed by atoms with van der Waals surface area (Å²) in [5.74, 6) is 0.796. The third-order valence-corrected chi connectivity index (χ3v) is 1.88. The molecular weight excluding hydrogens is 181 g/mol. The Morgan fingerprint density at radius 2 is 2.21 bits per heavy atom. The van der Waals surface area contributed by atoms with Crippen LogP contribution in [0.1, 0.15) is 12.0 Å². The first kappa shape index (κ1) is 11.0. The molecule has 0 atom stereocenters. The molecule has 78 valence electrons. The molecule has 0 unspecified atom stereocenters. The van der Waals surface area contributed by atoms with E-state index in [2.05, 4.69) is 0 Å². The van der Waals surface area contributed by atoms with Gasteiger partial charge in [0.05, 0.1) is 13.3 Å². The molecule has 0 amide bonds. The molecule has 0 saturated heterocycles. The van der Waals surface area contributed by atoms with E-state index in [9.17, 15) is 4.39 Å². The summed E-state index contributed by atoms with van der Waals surface area (Å²) in [4.78, 5) is 0. The number of hydrogen-bond acceptors (Lipinski definition) is 2. The minimum absolute atomic E-state index is 0.331. The third kappa shape index (κ3) is 3.75. The Kier molecular flexibility index (Phi) is 5.00. The molecule has 14 heavy (non-hydrogen) atoms. The molecule has 0 aliphatic heterocycles. The topological polar surface area (TPSA) is 35.2 Å². The molecule has 0 radical (unpaired) electrons. The number of benzene rings is 1. The number of halogens is 1. The van der Waals surface area contributed by atoms with Crippen molar-refractivity contribution in [2.45, 2.75) is 12.8 Å². The lowest BCUT2D eigenvalue weighted by Crippen LogP contribution is -2.03. The van der Waals surface area contributed by atoms with Crippen LogP contribution in [0.3, 0.4) is 0 Å². The van der Waals surface area contributed by atoms with E-state index >= 15 is 0 Å². The smallest absolute Gasteiger partial charge is 0.119 e. The van der Waals surface area contributed by atoms with Gasteiger partial charge in [-0.2, -0.15) is 0 Å². The predicted octanol–water partition coefficient (Wildman–Crippen LogP) is 1.93. The Hall–Kier alpha value is -1.09. The minimum Gasteiger partial charge on any atom is -0.493 e. The Bertz CT molecular complexity index is 265. The summed E-state index contributed by atoms with van der Waals surface area (Å²) in [5, 5.41) is 0. The van der Waals surface area contributed by atoms with E-state index in [4.69, 9.17) is 10.5 Å². The Labute approximate surface area is 83.9 Å². The molecule has 1 aromatic carbocycles. The molecule has 0 aliphatic carbocycles. The normalized spacial score (nSPS) is 10.1. The van der Waals surface area contributed by atoms with Gasteiger partial charge in [0, 0.05) is 6.42 Å². The van der Waals surface area contributed by atoms with Crippen LogP contribution in [0.4, 0.5) is 4.39 Å². The van der Waals surface area contributed by atoms with E-state index in [1.165, 1.54) is 0 Å². The van der Waals surface area contributed by atoms with Crippen molar-refractivity contribution < 1.29 is 9.13 Å². The highest BCUT2D eigenvalue weighted by Crippen LogP contribution is 2.13. The fraction of sp³-hybridized carbons (Fsp3) is 0.455. The zero-order valence-electron chi connectivity index (χ0n) is 8.21. The highest BCUT2D eigenvalue weighted by atomic mass is 19.1. The highest BCUT2D eigenvalue weighted by Gasteiger charge is 1.96. The lowest BCUT2D eigenvalue weighted by molar-refractivity contribution is 0.289. The number of nitrogens with two attached hydrogens (primary N) is 1. The van der Waals surface area contributed by atoms with E-state index in [1.54, 1.807) is 0 Å². The lowest BCUT2D eigenvalue weighted by atomic mass is 10.1. The van der Waals surface area contributed by atoms with Crippen LogP contribution in [-0.4, -0.2) is 19.8 Å². The SMILES string of the molecule is NCCc1cccc(OCCCF)c1. The summed E-state index contributed by atoms with van der Waals surface area (Å²) in [6.45, 7) is 0.735. The molecule has 0 aliphatic rings. The lowest BCUT2D eigenvalue weighted by Gasteiger charge is -2.06. The van der Waals surface area contributed by atoms with Crippen LogP contribution in [0.15, 0.2) is 24.3 Å². The molecule has 2 nitrogen and oxygen atoms in total. The van der Waals surface area contributed by atoms with Crippen LogP contribution >= 0.6 is 0 Å². The molecule has 0 aromatic heterocycles. The summed E-state index contributed by atoms with van der Waals surface area (Å²) in [7, 11) is 0. The standard InChI is InChI=1S/C11H16FNO/c12-6-2-8-14-11-4-1-3-10(9-11)5-7-13/h1,3-4,9H,2,5-8,13H2. The van der Waals surface area contributed by atoms with E-state index in [-0.39, 0.29) is 6.67 Å². The van der Waals surface area contributed by atoms with Gasteiger partial charge in [-0.15, -0.1) is 0 Å². The number of rotatable bonds is 6. The molecule has 1 rings (SSSR count). The van der Waals surface area contributed by atoms with Gasteiger partial charge in [-0.1, -0.05) is 12.1 Å². The quantitative estimate of drug-likeness (QED) is 0.707. The summed E-state index contributed by atoms with van der Waals surface area (Å²) in [6, 6.07) is 7.76. The maximum atomic E-state index is 11.8. The summed E-state index contributed by atoms with van der Waals surface area (Å²) < 4.78 is 17.2. The molecule has 0 fully saturated rings. The van der Waals surface area contributed by atoms with Crippen molar-refractivity contribution in [3.05, 3.63) is 29.8 Å². The Balaban J connectivity index is 2.46. The molecule has 2 N–H and O–H groups in total. The van der Waals surface area contributed by atoms with Crippen LogP contribution in [0.2, 0.25) is 0 Å². The van der Waals surface area contributed by atoms with E-state index in [0.717, 1.165) is 17.7 Å². The second-order valence-electron chi connectivity index (χ2n) is 3.08. The molecule has 1 aromatic rings. The van der Waals surface area contributed by atoms with Gasteiger partial charge < -0.3 is 10.5 Å². The number of alkyl halides is 1. The van der Waals surface area contributed by atoms with Crippen LogP contribution in [0.25, 0.3) is 0 Å². The third-order valence-electron chi connectivity index (χ3n) is 1.88. The maximum absolute atomic E-state index is 11.8. The number of ether oxygens (including phenoxy) is 1. The predicted molar refractivity (Wildman–Crippen MR) is 55.3 cm³/mol. The van der Waals surface area contributed by atoms with Crippen molar-refractivity contribution in [1.82, 2.24) is 0 Å². The van der Waals surface area contributed by atoms with Gasteiger partial charge in [-0.05, 0) is 30.7 Å². The zero-order valence-corrected chi connectivity index (χ0v) is 8.21. The molecule has 0 heterocycles. The molecule has 0 bridgehead atoms. The summed E-state index contributed by atoms with van der Waals surface area (Å²) in [6.07, 6.45) is 1.29. The van der Waals surface area contributed by atoms with Crippen LogP contribution < -0.4 is 10.5 Å². The average molecular weight is 197 g/mol. The van der Waals surface area contributed by atoms with E-state index in [0.29, 0.717) is 19.6 Å². The van der Waals surface area contributed by atoms with Crippen molar-refractivity contribution >= 4 is 0 Å². The van der Waals surface area contributed by atoms with E-state index in [1.807, 2.05) is 24.3 Å². The monoisotopic (exact) mass is 197 g/mol.